The van der Waals surface area contributed by atoms with Crippen LogP contribution in [0.2, 0.25) is 0 Å². The SMILES string of the molecule is CC(C)(C)OC(=O)N[C@H](C(=O)N1C[C@@H](OS(=O)(=O)c2ccc(Br)cc2)C[C@H]1C(N)=O)C(C)(C)C. The van der Waals surface area contributed by atoms with Crippen LogP contribution in [0.3, 0.4) is 0 Å². The summed E-state index contributed by atoms with van der Waals surface area (Å²) in [6.45, 7) is 10.1. The summed E-state index contributed by atoms with van der Waals surface area (Å²) in [5.41, 5.74) is 3.99. The maximum absolute atomic E-state index is 13.5. The van der Waals surface area contributed by atoms with E-state index in [0.29, 0.717) is 4.47 Å². The number of hydrogen-bond acceptors (Lipinski definition) is 7. The van der Waals surface area contributed by atoms with Crippen LogP contribution in [-0.2, 0) is 28.6 Å². The van der Waals surface area contributed by atoms with Crippen LogP contribution in [0.25, 0.3) is 0 Å². The smallest absolute Gasteiger partial charge is 0.408 e. The Morgan fingerprint density at radius 1 is 1.12 bits per heavy atom. The summed E-state index contributed by atoms with van der Waals surface area (Å²) in [5.74, 6) is -1.39. The maximum Gasteiger partial charge on any atom is 0.408 e. The summed E-state index contributed by atoms with van der Waals surface area (Å²) < 4.78 is 36.7. The van der Waals surface area contributed by atoms with Crippen molar-refractivity contribution in [2.75, 3.05) is 6.54 Å². The number of carbonyl (C=O) groups excluding carboxylic acids is 3. The molecule has 0 bridgehead atoms. The number of likely N-dealkylation sites (tertiary alicyclic amines) is 1. The molecular formula is C22H32BrN3O7S. The van der Waals surface area contributed by atoms with Gasteiger partial charge in [-0.1, -0.05) is 36.7 Å². The Labute approximate surface area is 208 Å². The molecule has 2 rings (SSSR count). The summed E-state index contributed by atoms with van der Waals surface area (Å²) in [5, 5.41) is 2.58. The molecule has 0 unspecified atom stereocenters. The molecule has 1 fully saturated rings. The minimum atomic E-state index is -4.15. The van der Waals surface area contributed by atoms with Crippen LogP contribution in [0, 0.1) is 5.41 Å². The Kier molecular flexibility index (Phi) is 8.42. The molecule has 0 radical (unpaired) electrons. The predicted molar refractivity (Wildman–Crippen MR) is 128 cm³/mol. The van der Waals surface area contributed by atoms with Gasteiger partial charge in [-0.25, -0.2) is 4.79 Å². The second kappa shape index (κ2) is 10.2. The third kappa shape index (κ3) is 7.41. The number of primary amides is 1. The molecule has 0 aliphatic carbocycles. The Bertz CT molecular complexity index is 1030. The maximum atomic E-state index is 13.5. The monoisotopic (exact) mass is 561 g/mol. The van der Waals surface area contributed by atoms with Gasteiger partial charge in [-0.2, -0.15) is 8.42 Å². The zero-order valence-electron chi connectivity index (χ0n) is 20.1. The van der Waals surface area contributed by atoms with Crippen molar-refractivity contribution in [2.24, 2.45) is 11.1 Å². The molecule has 1 saturated heterocycles. The van der Waals surface area contributed by atoms with Gasteiger partial charge in [0.15, 0.2) is 0 Å². The van der Waals surface area contributed by atoms with Crippen molar-refractivity contribution in [3.8, 4) is 0 Å². The van der Waals surface area contributed by atoms with E-state index < -0.39 is 57.2 Å². The third-order valence-corrected chi connectivity index (χ3v) is 6.92. The van der Waals surface area contributed by atoms with Crippen molar-refractivity contribution < 1.29 is 31.7 Å². The lowest BCUT2D eigenvalue weighted by Gasteiger charge is -2.35. The fourth-order valence-corrected chi connectivity index (χ4v) is 4.80. The molecular weight excluding hydrogens is 530 g/mol. The first kappa shape index (κ1) is 28.1. The molecule has 34 heavy (non-hydrogen) atoms. The van der Waals surface area contributed by atoms with Gasteiger partial charge in [0, 0.05) is 17.4 Å². The number of rotatable bonds is 6. The van der Waals surface area contributed by atoms with Crippen LogP contribution in [-0.4, -0.2) is 61.6 Å². The van der Waals surface area contributed by atoms with Crippen molar-refractivity contribution in [1.82, 2.24) is 10.2 Å². The lowest BCUT2D eigenvalue weighted by Crippen LogP contribution is -2.57. The molecule has 1 aromatic rings. The average Bonchev–Trinajstić information content (AvgIpc) is 3.07. The van der Waals surface area contributed by atoms with Crippen LogP contribution in [0.15, 0.2) is 33.6 Å². The Hall–Kier alpha value is -2.18. The molecule has 3 amide bonds. The Balaban J connectivity index is 2.25. The highest BCUT2D eigenvalue weighted by molar-refractivity contribution is 9.10. The molecule has 1 heterocycles. The highest BCUT2D eigenvalue weighted by Crippen LogP contribution is 2.29. The quantitative estimate of drug-likeness (QED) is 0.507. The summed E-state index contributed by atoms with van der Waals surface area (Å²) >= 11 is 3.24. The summed E-state index contributed by atoms with van der Waals surface area (Å²) in [7, 11) is -4.15. The van der Waals surface area contributed by atoms with Gasteiger partial charge in [0.2, 0.25) is 11.8 Å². The van der Waals surface area contributed by atoms with Gasteiger partial charge in [-0.05, 0) is 50.5 Å². The second-order valence-corrected chi connectivity index (χ2v) is 12.7. The van der Waals surface area contributed by atoms with Crippen LogP contribution in [0.1, 0.15) is 48.0 Å². The third-order valence-electron chi connectivity index (χ3n) is 5.01. The zero-order chi connectivity index (χ0) is 26.1. The molecule has 0 saturated carbocycles. The molecule has 190 valence electrons. The highest BCUT2D eigenvalue weighted by atomic mass is 79.9. The summed E-state index contributed by atoms with van der Waals surface area (Å²) in [4.78, 5) is 39.1. The molecule has 12 heteroatoms. The number of nitrogens with zero attached hydrogens (tertiary/aromatic N) is 1. The van der Waals surface area contributed by atoms with Gasteiger partial charge < -0.3 is 20.7 Å². The van der Waals surface area contributed by atoms with Crippen molar-refractivity contribution in [2.45, 2.75) is 76.6 Å². The van der Waals surface area contributed by atoms with Crippen LogP contribution in [0.4, 0.5) is 4.79 Å². The van der Waals surface area contributed by atoms with E-state index in [-0.39, 0.29) is 17.9 Å². The van der Waals surface area contributed by atoms with E-state index in [0.717, 1.165) is 4.90 Å². The number of hydrogen-bond donors (Lipinski definition) is 2. The molecule has 3 atom stereocenters. The van der Waals surface area contributed by atoms with Gasteiger partial charge in [0.05, 0.1) is 11.0 Å². The van der Waals surface area contributed by atoms with E-state index in [1.807, 2.05) is 0 Å². The second-order valence-electron chi connectivity index (χ2n) is 10.2. The largest absolute Gasteiger partial charge is 0.444 e. The normalized spacial score (nSPS) is 20.0. The van der Waals surface area contributed by atoms with Crippen molar-refractivity contribution >= 4 is 44.0 Å². The number of nitrogens with two attached hydrogens (primary N) is 1. The number of benzene rings is 1. The van der Waals surface area contributed by atoms with E-state index >= 15 is 0 Å². The fraction of sp³-hybridized carbons (Fsp3) is 0.591. The van der Waals surface area contributed by atoms with E-state index in [2.05, 4.69) is 21.2 Å². The standard InChI is InChI=1S/C22H32BrN3O7S/c1-21(2,3)17(25-20(29)32-22(4,5)6)19(28)26-12-14(11-16(26)18(24)27)33-34(30,31)15-9-7-13(23)8-10-15/h7-10,14,16-17H,11-12H2,1-6H3,(H2,24,27)(H,25,29)/t14-,16-,17+/m0/s1. The van der Waals surface area contributed by atoms with E-state index in [1.54, 1.807) is 53.7 Å². The number of alkyl carbamates (subject to hydrolysis) is 1. The fourth-order valence-electron chi connectivity index (χ4n) is 3.46. The Morgan fingerprint density at radius 2 is 1.68 bits per heavy atom. The molecule has 0 spiro atoms. The first-order valence-electron chi connectivity index (χ1n) is 10.7. The molecule has 1 aliphatic rings. The number of ether oxygens (including phenoxy) is 1. The van der Waals surface area contributed by atoms with Gasteiger partial charge in [0.25, 0.3) is 10.1 Å². The van der Waals surface area contributed by atoms with Crippen molar-refractivity contribution in [3.05, 3.63) is 28.7 Å². The minimum absolute atomic E-state index is 0.0599. The molecule has 1 aliphatic heterocycles. The number of nitrogens with one attached hydrogen (secondary N) is 1. The van der Waals surface area contributed by atoms with Crippen LogP contribution in [0.5, 0.6) is 0 Å². The number of amides is 3. The van der Waals surface area contributed by atoms with E-state index in [9.17, 15) is 22.8 Å². The van der Waals surface area contributed by atoms with Gasteiger partial charge in [-0.15, -0.1) is 0 Å². The molecule has 1 aromatic carbocycles. The molecule has 0 aromatic heterocycles. The lowest BCUT2D eigenvalue weighted by atomic mass is 9.85. The Morgan fingerprint density at radius 3 is 2.15 bits per heavy atom. The topological polar surface area (TPSA) is 145 Å². The first-order valence-corrected chi connectivity index (χ1v) is 12.9. The lowest BCUT2D eigenvalue weighted by molar-refractivity contribution is -0.141. The summed E-state index contributed by atoms with van der Waals surface area (Å²) in [6, 6.07) is 3.72. The number of carbonyl (C=O) groups is 3. The zero-order valence-corrected chi connectivity index (χ0v) is 22.5. The predicted octanol–water partition coefficient (Wildman–Crippen LogP) is 2.55. The number of halogens is 1. The highest BCUT2D eigenvalue weighted by Gasteiger charge is 2.46. The van der Waals surface area contributed by atoms with Crippen molar-refractivity contribution in [1.29, 1.82) is 0 Å². The minimum Gasteiger partial charge on any atom is -0.444 e. The van der Waals surface area contributed by atoms with E-state index in [1.165, 1.54) is 12.1 Å². The van der Waals surface area contributed by atoms with Crippen LogP contribution >= 0.6 is 15.9 Å². The van der Waals surface area contributed by atoms with Crippen molar-refractivity contribution in [3.63, 3.8) is 0 Å². The van der Waals surface area contributed by atoms with Gasteiger partial charge >= 0.3 is 6.09 Å². The molecule has 3 N–H and O–H groups in total. The molecule has 10 nitrogen and oxygen atoms in total. The summed E-state index contributed by atoms with van der Waals surface area (Å²) in [6.07, 6.45) is -1.88. The van der Waals surface area contributed by atoms with Gasteiger partial charge in [-0.3, -0.25) is 13.8 Å². The van der Waals surface area contributed by atoms with E-state index in [4.69, 9.17) is 14.7 Å². The van der Waals surface area contributed by atoms with Gasteiger partial charge in [0.1, 0.15) is 17.7 Å². The average molecular weight is 562 g/mol. The first-order chi connectivity index (χ1) is 15.4. The van der Waals surface area contributed by atoms with Crippen LogP contribution < -0.4 is 11.1 Å².